The van der Waals surface area contributed by atoms with Gasteiger partial charge in [-0.3, -0.25) is 9.97 Å². The molecule has 0 bridgehead atoms. The predicted octanol–water partition coefficient (Wildman–Crippen LogP) is 5.71. The van der Waals surface area contributed by atoms with Gasteiger partial charge in [-0.05, 0) is 66.8 Å². The Bertz CT molecular complexity index is 1680. The fourth-order valence-corrected chi connectivity index (χ4v) is 4.28. The van der Waals surface area contributed by atoms with Crippen molar-refractivity contribution in [1.29, 1.82) is 0 Å². The van der Waals surface area contributed by atoms with Gasteiger partial charge in [0, 0.05) is 41.6 Å². The Labute approximate surface area is 194 Å². The van der Waals surface area contributed by atoms with Crippen molar-refractivity contribution in [3.05, 3.63) is 85.2 Å². The molecule has 0 aliphatic rings. The first-order chi connectivity index (χ1) is 16.2. The van der Waals surface area contributed by atoms with E-state index in [1.54, 1.807) is 12.4 Å². The quantitative estimate of drug-likeness (QED) is 0.207. The zero-order chi connectivity index (χ0) is 22.4. The minimum atomic E-state index is 0.598. The first-order valence-corrected chi connectivity index (χ1v) is 10.9. The Morgan fingerprint density at radius 3 is 2.03 bits per heavy atom. The Morgan fingerprint density at radius 2 is 1.36 bits per heavy atom. The van der Waals surface area contributed by atoms with Gasteiger partial charge in [-0.25, -0.2) is 9.97 Å². The number of aromatic nitrogens is 4. The molecule has 158 valence electrons. The molecule has 7 heteroatoms. The van der Waals surface area contributed by atoms with Gasteiger partial charge in [0.05, 0.1) is 33.1 Å². The normalized spacial score (nSPS) is 11.3. The van der Waals surface area contributed by atoms with Gasteiger partial charge in [0.15, 0.2) is 5.11 Å². The standard InChI is InChI=1S/C26H18N6S/c1-32(17-7-3-2-4-8-17)26(33)29-16-11-12-20-21(15-16)31-25-19-10-6-14-28-23(19)22-18(24(25)30-20)9-5-13-27-22/h2-15H,1H3,(H,29,33). The molecule has 3 aromatic heterocycles. The maximum absolute atomic E-state index is 5.62. The number of hydrogen-bond acceptors (Lipinski definition) is 5. The largest absolute Gasteiger partial charge is 0.332 e. The van der Waals surface area contributed by atoms with Crippen LogP contribution in [-0.4, -0.2) is 32.1 Å². The number of anilines is 2. The number of fused-ring (bicyclic) bond motifs is 7. The summed E-state index contributed by atoms with van der Waals surface area (Å²) in [5.41, 5.74) is 6.76. The molecule has 6 aromatic rings. The highest BCUT2D eigenvalue weighted by molar-refractivity contribution is 7.80. The van der Waals surface area contributed by atoms with Gasteiger partial charge < -0.3 is 10.2 Å². The molecule has 0 unspecified atom stereocenters. The molecule has 0 radical (unpaired) electrons. The summed E-state index contributed by atoms with van der Waals surface area (Å²) in [6, 6.07) is 23.8. The summed E-state index contributed by atoms with van der Waals surface area (Å²) in [5.74, 6) is 0. The van der Waals surface area contributed by atoms with Crippen LogP contribution in [0.25, 0.3) is 43.9 Å². The van der Waals surface area contributed by atoms with Crippen LogP contribution in [0.2, 0.25) is 0 Å². The Balaban J connectivity index is 1.48. The molecule has 33 heavy (non-hydrogen) atoms. The predicted molar refractivity (Wildman–Crippen MR) is 139 cm³/mol. The molecule has 6 rings (SSSR count). The van der Waals surface area contributed by atoms with Crippen LogP contribution >= 0.6 is 12.2 Å². The van der Waals surface area contributed by atoms with E-state index in [1.165, 1.54) is 0 Å². The Kier molecular flexibility index (Phi) is 4.55. The number of thiocarbonyl (C=S) groups is 1. The molecule has 1 N–H and O–H groups in total. The van der Waals surface area contributed by atoms with Crippen LogP contribution in [0.5, 0.6) is 0 Å². The Morgan fingerprint density at radius 1 is 0.727 bits per heavy atom. The van der Waals surface area contributed by atoms with Gasteiger partial charge >= 0.3 is 0 Å². The third-order valence-corrected chi connectivity index (χ3v) is 6.09. The molecular weight excluding hydrogens is 428 g/mol. The fourth-order valence-electron chi connectivity index (χ4n) is 4.05. The van der Waals surface area contributed by atoms with Crippen LogP contribution < -0.4 is 10.2 Å². The summed E-state index contributed by atoms with van der Waals surface area (Å²) < 4.78 is 0. The van der Waals surface area contributed by atoms with E-state index in [9.17, 15) is 0 Å². The highest BCUT2D eigenvalue weighted by Crippen LogP contribution is 2.32. The average molecular weight is 447 g/mol. The highest BCUT2D eigenvalue weighted by Gasteiger charge is 2.14. The first-order valence-electron chi connectivity index (χ1n) is 10.5. The monoisotopic (exact) mass is 446 g/mol. The summed E-state index contributed by atoms with van der Waals surface area (Å²) in [6.07, 6.45) is 3.56. The lowest BCUT2D eigenvalue weighted by atomic mass is 10.1. The molecular formula is C26H18N6S. The average Bonchev–Trinajstić information content (AvgIpc) is 2.88. The van der Waals surface area contributed by atoms with Crippen LogP contribution in [0.3, 0.4) is 0 Å². The third-order valence-electron chi connectivity index (χ3n) is 5.71. The number of hydrogen-bond donors (Lipinski definition) is 1. The number of nitrogens with one attached hydrogen (secondary N) is 1. The van der Waals surface area contributed by atoms with Crippen molar-refractivity contribution in [2.45, 2.75) is 0 Å². The molecule has 6 nitrogen and oxygen atoms in total. The number of rotatable bonds is 2. The Hall–Kier alpha value is -4.23. The summed E-state index contributed by atoms with van der Waals surface area (Å²) in [5, 5.41) is 5.79. The minimum Gasteiger partial charge on any atom is -0.332 e. The van der Waals surface area contributed by atoms with Crippen LogP contribution in [-0.2, 0) is 0 Å². The summed E-state index contributed by atoms with van der Waals surface area (Å²) >= 11 is 5.62. The van der Waals surface area contributed by atoms with Crippen LogP contribution in [0.1, 0.15) is 0 Å². The lowest BCUT2D eigenvalue weighted by molar-refractivity contribution is 1.28. The van der Waals surface area contributed by atoms with E-state index in [1.807, 2.05) is 84.7 Å². The van der Waals surface area contributed by atoms with Crippen LogP contribution in [0, 0.1) is 0 Å². The lowest BCUT2D eigenvalue weighted by Crippen LogP contribution is -2.30. The number of benzene rings is 3. The second-order valence-corrected chi connectivity index (χ2v) is 8.13. The van der Waals surface area contributed by atoms with Crippen molar-refractivity contribution in [1.82, 2.24) is 19.9 Å². The maximum atomic E-state index is 5.62. The van der Waals surface area contributed by atoms with E-state index in [0.717, 1.165) is 55.2 Å². The molecule has 3 heterocycles. The molecule has 0 saturated heterocycles. The van der Waals surface area contributed by atoms with E-state index >= 15 is 0 Å². The van der Waals surface area contributed by atoms with E-state index in [-0.39, 0.29) is 0 Å². The maximum Gasteiger partial charge on any atom is 0.177 e. The number of pyridine rings is 2. The zero-order valence-electron chi connectivity index (χ0n) is 17.7. The molecule has 0 spiro atoms. The zero-order valence-corrected chi connectivity index (χ0v) is 18.5. The fraction of sp³-hybridized carbons (Fsp3) is 0.0385. The third kappa shape index (κ3) is 3.30. The number of para-hydroxylation sites is 1. The van der Waals surface area contributed by atoms with E-state index in [2.05, 4.69) is 15.3 Å². The molecule has 0 aliphatic heterocycles. The topological polar surface area (TPSA) is 66.8 Å². The van der Waals surface area contributed by atoms with Gasteiger partial charge in [0.25, 0.3) is 0 Å². The molecule has 0 aliphatic carbocycles. The van der Waals surface area contributed by atoms with Gasteiger partial charge in [0.1, 0.15) is 0 Å². The SMILES string of the molecule is CN(C(=S)Nc1ccc2nc3c4cccnc4c4ncccc4c3nc2c1)c1ccccc1. The van der Waals surface area contributed by atoms with Crippen LogP contribution in [0.15, 0.2) is 85.2 Å². The van der Waals surface area contributed by atoms with E-state index < -0.39 is 0 Å². The molecule has 0 fully saturated rings. The summed E-state index contributed by atoms with van der Waals surface area (Å²) in [4.78, 5) is 21.0. The molecule has 0 atom stereocenters. The van der Waals surface area contributed by atoms with Crippen LogP contribution in [0.4, 0.5) is 11.4 Å². The van der Waals surface area contributed by atoms with Crippen molar-refractivity contribution in [3.63, 3.8) is 0 Å². The molecule has 0 amide bonds. The number of nitrogens with zero attached hydrogens (tertiary/aromatic N) is 5. The molecule has 3 aromatic carbocycles. The van der Waals surface area contributed by atoms with Gasteiger partial charge in [-0.2, -0.15) is 0 Å². The van der Waals surface area contributed by atoms with Gasteiger partial charge in [-0.15, -0.1) is 0 Å². The van der Waals surface area contributed by atoms with E-state index in [4.69, 9.17) is 22.2 Å². The highest BCUT2D eigenvalue weighted by atomic mass is 32.1. The second-order valence-electron chi connectivity index (χ2n) is 7.75. The summed E-state index contributed by atoms with van der Waals surface area (Å²) in [6.45, 7) is 0. The first kappa shape index (κ1) is 19.5. The molecule has 0 saturated carbocycles. The van der Waals surface area contributed by atoms with Gasteiger partial charge in [0.2, 0.25) is 0 Å². The van der Waals surface area contributed by atoms with E-state index in [0.29, 0.717) is 5.11 Å². The van der Waals surface area contributed by atoms with Crippen molar-refractivity contribution >= 4 is 72.6 Å². The van der Waals surface area contributed by atoms with Gasteiger partial charge in [-0.1, -0.05) is 18.2 Å². The smallest absolute Gasteiger partial charge is 0.177 e. The van der Waals surface area contributed by atoms with Crippen molar-refractivity contribution in [2.75, 3.05) is 17.3 Å². The second kappa shape index (κ2) is 7.72. The lowest BCUT2D eigenvalue weighted by Gasteiger charge is -2.21. The van der Waals surface area contributed by atoms with Crippen molar-refractivity contribution < 1.29 is 0 Å². The minimum absolute atomic E-state index is 0.598. The summed E-state index contributed by atoms with van der Waals surface area (Å²) in [7, 11) is 1.94. The van der Waals surface area contributed by atoms with Crippen molar-refractivity contribution in [3.8, 4) is 0 Å². The van der Waals surface area contributed by atoms with Crippen molar-refractivity contribution in [2.24, 2.45) is 0 Å².